The fourth-order valence-electron chi connectivity index (χ4n) is 1.60. The number of hydrogen-bond donors (Lipinski definition) is 2. The third kappa shape index (κ3) is 3.21. The summed E-state index contributed by atoms with van der Waals surface area (Å²) < 4.78 is 5.05. The quantitative estimate of drug-likeness (QED) is 0.883. The number of carbonyl (C=O) groups excluding carboxylic acids is 1. The number of aliphatic hydroxyl groups excluding tert-OH is 1. The number of rotatable bonds is 4. The highest BCUT2D eigenvalue weighted by Crippen LogP contribution is 2.17. The summed E-state index contributed by atoms with van der Waals surface area (Å²) in [4.78, 5) is 16.1. The van der Waals surface area contributed by atoms with Gasteiger partial charge in [0.2, 0.25) is 0 Å². The molecule has 1 heterocycles. The van der Waals surface area contributed by atoms with E-state index in [1.165, 1.54) is 0 Å². The van der Waals surface area contributed by atoms with Gasteiger partial charge in [0.1, 0.15) is 0 Å². The van der Waals surface area contributed by atoms with Crippen molar-refractivity contribution in [2.24, 2.45) is 0 Å². The van der Waals surface area contributed by atoms with Crippen LogP contribution < -0.4 is 5.32 Å². The third-order valence-corrected chi connectivity index (χ3v) is 2.77. The topological polar surface area (TPSA) is 88.2 Å². The molecule has 0 aliphatic carbocycles. The Balaban J connectivity index is 2.14. The van der Waals surface area contributed by atoms with Crippen LogP contribution in [0.4, 0.5) is 0 Å². The van der Waals surface area contributed by atoms with Crippen molar-refractivity contribution in [1.82, 2.24) is 15.5 Å². The number of aliphatic hydroxyl groups is 1. The maximum atomic E-state index is 12.0. The smallest absolute Gasteiger partial charge is 0.257 e. The zero-order valence-corrected chi connectivity index (χ0v) is 11.7. The standard InChI is InChI=1S/C14H17N3O3/c1-9-15-13(20-17-9)11-6-4-10(5-7-11)12(19)16-14(2,3)8-18/h4-7,18H,8H2,1-3H3,(H,16,19). The first-order valence-electron chi connectivity index (χ1n) is 6.25. The molecule has 1 aromatic carbocycles. The van der Waals surface area contributed by atoms with Crippen molar-refractivity contribution in [1.29, 1.82) is 0 Å². The van der Waals surface area contributed by atoms with Crippen molar-refractivity contribution in [2.75, 3.05) is 6.61 Å². The minimum absolute atomic E-state index is 0.127. The molecule has 20 heavy (non-hydrogen) atoms. The lowest BCUT2D eigenvalue weighted by Crippen LogP contribution is -2.46. The number of aryl methyl sites for hydroxylation is 1. The van der Waals surface area contributed by atoms with E-state index in [0.717, 1.165) is 5.56 Å². The lowest BCUT2D eigenvalue weighted by molar-refractivity contribution is 0.0869. The number of nitrogens with one attached hydrogen (secondary N) is 1. The molecule has 0 saturated heterocycles. The fraction of sp³-hybridized carbons (Fsp3) is 0.357. The maximum absolute atomic E-state index is 12.0. The van der Waals surface area contributed by atoms with Crippen molar-refractivity contribution in [2.45, 2.75) is 26.3 Å². The zero-order chi connectivity index (χ0) is 14.8. The second-order valence-corrected chi connectivity index (χ2v) is 5.22. The molecule has 0 aliphatic rings. The molecule has 0 fully saturated rings. The van der Waals surface area contributed by atoms with Crippen LogP contribution in [0.25, 0.3) is 11.5 Å². The van der Waals surface area contributed by atoms with Crippen LogP contribution in [0.15, 0.2) is 28.8 Å². The molecule has 106 valence electrons. The Labute approximate surface area is 116 Å². The second-order valence-electron chi connectivity index (χ2n) is 5.22. The first-order chi connectivity index (χ1) is 9.41. The first kappa shape index (κ1) is 14.2. The number of hydrogen-bond acceptors (Lipinski definition) is 5. The molecule has 0 unspecified atom stereocenters. The van der Waals surface area contributed by atoms with Gasteiger partial charge in [0.15, 0.2) is 5.82 Å². The molecule has 2 aromatic rings. The summed E-state index contributed by atoms with van der Waals surface area (Å²) in [6, 6.07) is 6.84. The van der Waals surface area contributed by atoms with Crippen LogP contribution in [0.1, 0.15) is 30.0 Å². The van der Waals surface area contributed by atoms with Gasteiger partial charge in [-0.3, -0.25) is 4.79 Å². The van der Waals surface area contributed by atoms with Crippen molar-refractivity contribution in [3.8, 4) is 11.5 Å². The molecule has 1 aromatic heterocycles. The molecule has 0 aliphatic heterocycles. The molecule has 2 N–H and O–H groups in total. The lowest BCUT2D eigenvalue weighted by Gasteiger charge is -2.23. The Hall–Kier alpha value is -2.21. The number of aromatic nitrogens is 2. The molecule has 0 spiro atoms. The van der Waals surface area contributed by atoms with Gasteiger partial charge in [0.05, 0.1) is 12.1 Å². The van der Waals surface area contributed by atoms with Crippen molar-refractivity contribution in [3.63, 3.8) is 0 Å². The highest BCUT2D eigenvalue weighted by atomic mass is 16.5. The lowest BCUT2D eigenvalue weighted by atomic mass is 10.1. The van der Waals surface area contributed by atoms with Crippen LogP contribution in [0.2, 0.25) is 0 Å². The Morgan fingerprint density at radius 3 is 2.50 bits per heavy atom. The van der Waals surface area contributed by atoms with E-state index in [4.69, 9.17) is 9.63 Å². The predicted molar refractivity (Wildman–Crippen MR) is 73.1 cm³/mol. The minimum Gasteiger partial charge on any atom is -0.394 e. The first-order valence-corrected chi connectivity index (χ1v) is 6.25. The Morgan fingerprint density at radius 1 is 1.35 bits per heavy atom. The summed E-state index contributed by atoms with van der Waals surface area (Å²) in [5, 5.41) is 15.6. The van der Waals surface area contributed by atoms with Gasteiger partial charge >= 0.3 is 0 Å². The fourth-order valence-corrected chi connectivity index (χ4v) is 1.60. The van der Waals surface area contributed by atoms with Gasteiger partial charge in [-0.25, -0.2) is 0 Å². The number of amides is 1. The molecule has 1 amide bonds. The van der Waals surface area contributed by atoms with Gasteiger partial charge in [0, 0.05) is 11.1 Å². The van der Waals surface area contributed by atoms with Gasteiger partial charge in [0.25, 0.3) is 11.8 Å². The molecule has 6 heteroatoms. The number of carbonyl (C=O) groups is 1. The van der Waals surface area contributed by atoms with E-state index in [1.54, 1.807) is 45.0 Å². The van der Waals surface area contributed by atoms with Crippen LogP contribution in [0, 0.1) is 6.92 Å². The summed E-state index contributed by atoms with van der Waals surface area (Å²) in [6.45, 7) is 5.12. The Morgan fingerprint density at radius 2 is 2.00 bits per heavy atom. The van der Waals surface area contributed by atoms with Crippen LogP contribution in [-0.2, 0) is 0 Å². The molecule has 0 radical (unpaired) electrons. The third-order valence-electron chi connectivity index (χ3n) is 2.77. The van der Waals surface area contributed by atoms with E-state index in [2.05, 4.69) is 15.5 Å². The number of benzene rings is 1. The summed E-state index contributed by atoms with van der Waals surface area (Å²) in [7, 11) is 0. The summed E-state index contributed by atoms with van der Waals surface area (Å²) in [5.74, 6) is 0.744. The van der Waals surface area contributed by atoms with Crippen LogP contribution >= 0.6 is 0 Å². The predicted octanol–water partition coefficient (Wildman–Crippen LogP) is 1.55. The Bertz CT molecular complexity index is 602. The van der Waals surface area contributed by atoms with Crippen molar-refractivity contribution in [3.05, 3.63) is 35.7 Å². The van der Waals surface area contributed by atoms with E-state index in [1.807, 2.05) is 0 Å². The van der Waals surface area contributed by atoms with E-state index >= 15 is 0 Å². The highest BCUT2D eigenvalue weighted by Gasteiger charge is 2.20. The largest absolute Gasteiger partial charge is 0.394 e. The zero-order valence-electron chi connectivity index (χ0n) is 11.7. The Kier molecular flexibility index (Phi) is 3.85. The van der Waals surface area contributed by atoms with E-state index in [-0.39, 0.29) is 12.5 Å². The van der Waals surface area contributed by atoms with Crippen LogP contribution in [0.5, 0.6) is 0 Å². The monoisotopic (exact) mass is 275 g/mol. The van der Waals surface area contributed by atoms with E-state index < -0.39 is 5.54 Å². The summed E-state index contributed by atoms with van der Waals surface area (Å²) in [5.41, 5.74) is 0.606. The van der Waals surface area contributed by atoms with Gasteiger partial charge < -0.3 is 14.9 Å². The summed E-state index contributed by atoms with van der Waals surface area (Å²) in [6.07, 6.45) is 0. The van der Waals surface area contributed by atoms with Crippen LogP contribution in [0.3, 0.4) is 0 Å². The maximum Gasteiger partial charge on any atom is 0.257 e. The van der Waals surface area contributed by atoms with Crippen LogP contribution in [-0.4, -0.2) is 33.3 Å². The van der Waals surface area contributed by atoms with E-state index in [9.17, 15) is 4.79 Å². The van der Waals surface area contributed by atoms with Gasteiger partial charge in [-0.1, -0.05) is 5.16 Å². The van der Waals surface area contributed by atoms with Crippen molar-refractivity contribution >= 4 is 5.91 Å². The SMILES string of the molecule is Cc1noc(-c2ccc(C(=O)NC(C)(C)CO)cc2)n1. The minimum atomic E-state index is -0.653. The van der Waals surface area contributed by atoms with E-state index in [0.29, 0.717) is 17.3 Å². The molecule has 0 bridgehead atoms. The summed E-state index contributed by atoms with van der Waals surface area (Å²) >= 11 is 0. The van der Waals surface area contributed by atoms with Crippen molar-refractivity contribution < 1.29 is 14.4 Å². The second kappa shape index (κ2) is 5.42. The van der Waals surface area contributed by atoms with Gasteiger partial charge in [-0.2, -0.15) is 4.98 Å². The highest BCUT2D eigenvalue weighted by molar-refractivity contribution is 5.95. The molecular formula is C14H17N3O3. The average Bonchev–Trinajstić information content (AvgIpc) is 2.85. The molecule has 6 nitrogen and oxygen atoms in total. The molecular weight excluding hydrogens is 258 g/mol. The number of nitrogens with zero attached hydrogens (tertiary/aromatic N) is 2. The van der Waals surface area contributed by atoms with Gasteiger partial charge in [-0.15, -0.1) is 0 Å². The molecule has 0 atom stereocenters. The average molecular weight is 275 g/mol. The molecule has 0 saturated carbocycles. The normalized spacial score (nSPS) is 11.4. The van der Waals surface area contributed by atoms with Gasteiger partial charge in [-0.05, 0) is 45.0 Å². The molecule has 2 rings (SSSR count).